The average molecular weight is 440 g/mol. The molecule has 0 saturated heterocycles. The van der Waals surface area contributed by atoms with Gasteiger partial charge in [0.1, 0.15) is 18.1 Å². The number of hydrogen-bond acceptors (Lipinski definition) is 8. The molecule has 0 atom stereocenters. The highest BCUT2D eigenvalue weighted by molar-refractivity contribution is 5.87. The van der Waals surface area contributed by atoms with Crippen LogP contribution in [0.2, 0.25) is 0 Å². The summed E-state index contributed by atoms with van der Waals surface area (Å²) in [4.78, 5) is 0. The van der Waals surface area contributed by atoms with Crippen LogP contribution in [0.3, 0.4) is 0 Å². The Morgan fingerprint density at radius 1 is 0.938 bits per heavy atom. The zero-order valence-electron chi connectivity index (χ0n) is 17.8. The molecule has 0 unspecified atom stereocenters. The highest BCUT2D eigenvalue weighted by atomic mass is 16.5. The number of aromatic hydroxyl groups is 3. The molecule has 0 aromatic heterocycles. The highest BCUT2D eigenvalue weighted by Crippen LogP contribution is 2.49. The monoisotopic (exact) mass is 440 g/mol. The van der Waals surface area contributed by atoms with Crippen molar-refractivity contribution in [2.24, 2.45) is 10.9 Å². The van der Waals surface area contributed by atoms with Crippen molar-refractivity contribution < 1.29 is 34.7 Å². The van der Waals surface area contributed by atoms with Crippen LogP contribution in [0.1, 0.15) is 5.56 Å². The van der Waals surface area contributed by atoms with Gasteiger partial charge < -0.3 is 40.5 Å². The number of phenols is 3. The standard InChI is InChI=1S/C23H24N2O7/c1-12-8-16(15-6-5-14(26)10-19(15)30-2)23(31-3)22(28)21(12)13-4-7-18(17(27)9-13)32-11-20(24)25-29/h4-10,26-29H,11H2,1-3H3,(H2,24,25). The number of nitrogens with zero attached hydrogens (tertiary/aromatic N) is 1. The third-order valence-corrected chi connectivity index (χ3v) is 4.88. The molecule has 0 bridgehead atoms. The fraction of sp³-hybridized carbons (Fsp3) is 0.174. The van der Waals surface area contributed by atoms with Crippen LogP contribution in [0.5, 0.6) is 34.5 Å². The van der Waals surface area contributed by atoms with Crippen molar-refractivity contribution in [2.45, 2.75) is 6.92 Å². The Hall–Kier alpha value is -4.27. The minimum Gasteiger partial charge on any atom is -0.508 e. The smallest absolute Gasteiger partial charge is 0.177 e. The molecule has 9 heteroatoms. The molecule has 0 fully saturated rings. The summed E-state index contributed by atoms with van der Waals surface area (Å²) in [5.74, 6) is 0.354. The lowest BCUT2D eigenvalue weighted by atomic mass is 9.93. The molecule has 32 heavy (non-hydrogen) atoms. The van der Waals surface area contributed by atoms with E-state index in [0.29, 0.717) is 33.6 Å². The van der Waals surface area contributed by atoms with Crippen molar-refractivity contribution >= 4 is 5.84 Å². The molecule has 0 spiro atoms. The number of ether oxygens (including phenoxy) is 3. The molecule has 0 aliphatic carbocycles. The molecular formula is C23H24N2O7. The number of methoxy groups -OCH3 is 2. The van der Waals surface area contributed by atoms with E-state index < -0.39 is 0 Å². The van der Waals surface area contributed by atoms with Gasteiger partial charge in [-0.05, 0) is 48.4 Å². The van der Waals surface area contributed by atoms with Crippen LogP contribution in [-0.4, -0.2) is 47.2 Å². The second-order valence-corrected chi connectivity index (χ2v) is 6.94. The molecule has 6 N–H and O–H groups in total. The van der Waals surface area contributed by atoms with Gasteiger partial charge in [-0.15, -0.1) is 0 Å². The molecule has 168 valence electrons. The van der Waals surface area contributed by atoms with Crippen molar-refractivity contribution in [3.8, 4) is 56.8 Å². The van der Waals surface area contributed by atoms with Crippen LogP contribution < -0.4 is 19.9 Å². The summed E-state index contributed by atoms with van der Waals surface area (Å²) in [5.41, 5.74) is 8.27. The van der Waals surface area contributed by atoms with Gasteiger partial charge in [-0.25, -0.2) is 0 Å². The van der Waals surface area contributed by atoms with Gasteiger partial charge in [-0.1, -0.05) is 11.2 Å². The van der Waals surface area contributed by atoms with E-state index in [0.717, 1.165) is 0 Å². The Bertz CT molecular complexity index is 1180. The topological polar surface area (TPSA) is 147 Å². The molecule has 0 aliphatic rings. The molecule has 3 aromatic rings. The Kier molecular flexibility index (Phi) is 6.48. The minimum absolute atomic E-state index is 0.0481. The predicted octanol–water partition coefficient (Wildman–Crippen LogP) is 3.59. The SMILES string of the molecule is COc1cc(O)ccc1-c1cc(C)c(-c2ccc(OC/C(N)=N\O)c(O)c2)c(O)c1OC. The first kappa shape index (κ1) is 22.4. The summed E-state index contributed by atoms with van der Waals surface area (Å²) in [6, 6.07) is 11.1. The summed E-state index contributed by atoms with van der Waals surface area (Å²) >= 11 is 0. The van der Waals surface area contributed by atoms with E-state index in [4.69, 9.17) is 25.2 Å². The van der Waals surface area contributed by atoms with Gasteiger partial charge in [0.2, 0.25) is 0 Å². The van der Waals surface area contributed by atoms with Crippen LogP contribution in [-0.2, 0) is 0 Å². The van der Waals surface area contributed by atoms with E-state index in [1.807, 2.05) is 13.0 Å². The number of nitrogens with two attached hydrogens (primary N) is 1. The number of oxime groups is 1. The van der Waals surface area contributed by atoms with Crippen molar-refractivity contribution in [2.75, 3.05) is 20.8 Å². The van der Waals surface area contributed by atoms with E-state index >= 15 is 0 Å². The number of hydrogen-bond donors (Lipinski definition) is 5. The van der Waals surface area contributed by atoms with E-state index in [1.54, 1.807) is 12.1 Å². The minimum atomic E-state index is -0.204. The molecule has 0 aliphatic heterocycles. The van der Waals surface area contributed by atoms with Gasteiger partial charge in [0.05, 0.1) is 14.2 Å². The third kappa shape index (κ3) is 4.27. The Balaban J connectivity index is 2.09. The molecule has 0 amide bonds. The van der Waals surface area contributed by atoms with E-state index in [-0.39, 0.29) is 41.2 Å². The highest BCUT2D eigenvalue weighted by Gasteiger charge is 2.22. The lowest BCUT2D eigenvalue weighted by Crippen LogP contribution is -2.20. The second kappa shape index (κ2) is 9.25. The molecule has 3 aromatic carbocycles. The van der Waals surface area contributed by atoms with Crippen LogP contribution in [0.15, 0.2) is 47.6 Å². The van der Waals surface area contributed by atoms with Crippen LogP contribution in [0.4, 0.5) is 0 Å². The Labute approximate surface area is 184 Å². The van der Waals surface area contributed by atoms with E-state index in [2.05, 4.69) is 5.16 Å². The number of amidine groups is 1. The number of benzene rings is 3. The van der Waals surface area contributed by atoms with Gasteiger partial charge in [0.25, 0.3) is 0 Å². The average Bonchev–Trinajstić information content (AvgIpc) is 2.77. The Morgan fingerprint density at radius 2 is 1.69 bits per heavy atom. The van der Waals surface area contributed by atoms with Gasteiger partial charge in [0.15, 0.2) is 28.8 Å². The molecule has 0 saturated carbocycles. The summed E-state index contributed by atoms with van der Waals surface area (Å²) in [5, 5.41) is 42.6. The molecule has 0 radical (unpaired) electrons. The van der Waals surface area contributed by atoms with Crippen molar-refractivity contribution in [1.29, 1.82) is 0 Å². The largest absolute Gasteiger partial charge is 0.508 e. The van der Waals surface area contributed by atoms with Crippen LogP contribution in [0, 0.1) is 6.92 Å². The first-order valence-electron chi connectivity index (χ1n) is 9.51. The molecular weight excluding hydrogens is 416 g/mol. The summed E-state index contributed by atoms with van der Waals surface area (Å²) in [6.45, 7) is 1.61. The lowest BCUT2D eigenvalue weighted by molar-refractivity contribution is 0.302. The van der Waals surface area contributed by atoms with Crippen LogP contribution in [0.25, 0.3) is 22.3 Å². The van der Waals surface area contributed by atoms with Crippen molar-refractivity contribution in [3.63, 3.8) is 0 Å². The third-order valence-electron chi connectivity index (χ3n) is 4.88. The van der Waals surface area contributed by atoms with Gasteiger partial charge in [-0.3, -0.25) is 0 Å². The zero-order valence-corrected chi connectivity index (χ0v) is 17.8. The lowest BCUT2D eigenvalue weighted by Gasteiger charge is -2.19. The molecule has 3 rings (SSSR count). The maximum absolute atomic E-state index is 11.1. The first-order valence-corrected chi connectivity index (χ1v) is 9.51. The fourth-order valence-corrected chi connectivity index (χ4v) is 3.43. The first-order chi connectivity index (χ1) is 15.3. The van der Waals surface area contributed by atoms with E-state index in [9.17, 15) is 15.3 Å². The normalized spacial score (nSPS) is 11.3. The van der Waals surface area contributed by atoms with Crippen molar-refractivity contribution in [1.82, 2.24) is 0 Å². The van der Waals surface area contributed by atoms with Gasteiger partial charge >= 0.3 is 0 Å². The number of aryl methyl sites for hydroxylation is 1. The van der Waals surface area contributed by atoms with Crippen molar-refractivity contribution in [3.05, 3.63) is 48.0 Å². The summed E-state index contributed by atoms with van der Waals surface area (Å²) in [7, 11) is 2.92. The van der Waals surface area contributed by atoms with Gasteiger partial charge in [-0.2, -0.15) is 0 Å². The fourth-order valence-electron chi connectivity index (χ4n) is 3.43. The number of phenolic OH excluding ortho intramolecular Hbond substituents is 3. The quantitative estimate of drug-likeness (QED) is 0.162. The maximum atomic E-state index is 11.1. The van der Waals surface area contributed by atoms with Crippen LogP contribution >= 0.6 is 0 Å². The number of rotatable bonds is 7. The predicted molar refractivity (Wildman–Crippen MR) is 119 cm³/mol. The summed E-state index contributed by atoms with van der Waals surface area (Å²) < 4.78 is 16.2. The second-order valence-electron chi connectivity index (χ2n) is 6.94. The molecule has 0 heterocycles. The van der Waals surface area contributed by atoms with E-state index in [1.165, 1.54) is 38.5 Å². The maximum Gasteiger partial charge on any atom is 0.177 e. The summed E-state index contributed by atoms with van der Waals surface area (Å²) in [6.07, 6.45) is 0. The zero-order chi connectivity index (χ0) is 23.4. The van der Waals surface area contributed by atoms with Gasteiger partial charge in [0, 0.05) is 22.8 Å². The molecule has 9 nitrogen and oxygen atoms in total. The Morgan fingerprint density at radius 3 is 2.31 bits per heavy atom.